The molecule has 2 aromatic carbocycles. The van der Waals surface area contributed by atoms with Gasteiger partial charge in [-0.25, -0.2) is 4.68 Å². The lowest BCUT2D eigenvalue weighted by Gasteiger charge is -2.26. The van der Waals surface area contributed by atoms with E-state index in [0.29, 0.717) is 25.5 Å². The van der Waals surface area contributed by atoms with Crippen molar-refractivity contribution in [2.24, 2.45) is 0 Å². The first kappa shape index (κ1) is 23.1. The van der Waals surface area contributed by atoms with Gasteiger partial charge in [0.15, 0.2) is 11.5 Å². The van der Waals surface area contributed by atoms with Gasteiger partial charge in [-0.2, -0.15) is 5.10 Å². The van der Waals surface area contributed by atoms with Crippen LogP contribution in [0.15, 0.2) is 60.8 Å². The highest BCUT2D eigenvalue weighted by molar-refractivity contribution is 5.92. The summed E-state index contributed by atoms with van der Waals surface area (Å²) in [6.07, 6.45) is 6.23. The molecule has 3 heterocycles. The maximum atomic E-state index is 12.5. The number of para-hydroxylation sites is 1. The molecule has 0 bridgehead atoms. The molecule has 2 aliphatic rings. The number of amides is 1. The Morgan fingerprint density at radius 1 is 1.00 bits per heavy atom. The molecule has 0 unspecified atom stereocenters. The van der Waals surface area contributed by atoms with Gasteiger partial charge in [-0.15, -0.1) is 0 Å². The Morgan fingerprint density at radius 2 is 1.80 bits per heavy atom. The molecule has 1 N–H and O–H groups in total. The summed E-state index contributed by atoms with van der Waals surface area (Å²) in [4.78, 5) is 14.9. The van der Waals surface area contributed by atoms with Crippen LogP contribution < -0.4 is 14.8 Å². The standard InChI is InChI=1S/C27H30N4O4/c32-26(28-11-4-12-30-13-15-33-16-14-30)10-8-22-20-31(23-5-2-1-3-6-23)29-27(22)21-7-9-24-25(19-21)35-18-17-34-24/h1-3,5-10,19-20H,4,11-18H2,(H,28,32). The number of hydrogen-bond acceptors (Lipinski definition) is 6. The van der Waals surface area contributed by atoms with E-state index in [4.69, 9.17) is 19.3 Å². The van der Waals surface area contributed by atoms with Crippen LogP contribution in [0.1, 0.15) is 12.0 Å². The average molecular weight is 475 g/mol. The molecule has 0 atom stereocenters. The highest BCUT2D eigenvalue weighted by Crippen LogP contribution is 2.35. The van der Waals surface area contributed by atoms with Crippen molar-refractivity contribution in [1.29, 1.82) is 0 Å². The number of benzene rings is 2. The zero-order chi connectivity index (χ0) is 23.9. The molecule has 0 saturated carbocycles. The van der Waals surface area contributed by atoms with E-state index in [9.17, 15) is 4.79 Å². The molecule has 1 aromatic heterocycles. The Balaban J connectivity index is 1.30. The van der Waals surface area contributed by atoms with Gasteiger partial charge >= 0.3 is 0 Å². The summed E-state index contributed by atoms with van der Waals surface area (Å²) in [7, 11) is 0. The van der Waals surface area contributed by atoms with Gasteiger partial charge in [0.05, 0.1) is 18.9 Å². The Kier molecular flexibility index (Phi) is 7.41. The number of rotatable bonds is 8. The fourth-order valence-corrected chi connectivity index (χ4v) is 4.20. The van der Waals surface area contributed by atoms with Crippen LogP contribution in [0.3, 0.4) is 0 Å². The fourth-order valence-electron chi connectivity index (χ4n) is 4.20. The van der Waals surface area contributed by atoms with Crippen molar-refractivity contribution in [2.45, 2.75) is 6.42 Å². The quantitative estimate of drug-likeness (QED) is 0.399. The second-order valence-corrected chi connectivity index (χ2v) is 8.50. The van der Waals surface area contributed by atoms with E-state index in [1.165, 1.54) is 0 Å². The van der Waals surface area contributed by atoms with Gasteiger partial charge in [0.2, 0.25) is 5.91 Å². The Morgan fingerprint density at radius 3 is 2.63 bits per heavy atom. The first-order chi connectivity index (χ1) is 17.3. The van der Waals surface area contributed by atoms with Crippen LogP contribution in [0.25, 0.3) is 23.0 Å². The SMILES string of the molecule is O=C(C=Cc1cn(-c2ccccc2)nc1-c1ccc2c(c1)OCCO2)NCCCN1CCOCC1. The van der Waals surface area contributed by atoms with Gasteiger partial charge in [-0.05, 0) is 49.4 Å². The lowest BCUT2D eigenvalue weighted by Crippen LogP contribution is -2.38. The van der Waals surface area contributed by atoms with E-state index in [0.717, 1.165) is 67.5 Å². The predicted octanol–water partition coefficient (Wildman–Crippen LogP) is 3.16. The molecule has 2 aliphatic heterocycles. The number of morpholine rings is 1. The number of aromatic nitrogens is 2. The van der Waals surface area contributed by atoms with Crippen molar-refractivity contribution in [3.8, 4) is 28.4 Å². The number of nitrogens with one attached hydrogen (secondary N) is 1. The molecule has 1 amide bonds. The largest absolute Gasteiger partial charge is 0.486 e. The number of ether oxygens (including phenoxy) is 3. The second kappa shape index (κ2) is 11.2. The number of carbonyl (C=O) groups excluding carboxylic acids is 1. The van der Waals surface area contributed by atoms with Crippen molar-refractivity contribution >= 4 is 12.0 Å². The topological polar surface area (TPSA) is 77.9 Å². The molecule has 35 heavy (non-hydrogen) atoms. The summed E-state index contributed by atoms with van der Waals surface area (Å²) in [5.74, 6) is 1.32. The predicted molar refractivity (Wildman–Crippen MR) is 134 cm³/mol. The van der Waals surface area contributed by atoms with Crippen molar-refractivity contribution in [2.75, 3.05) is 52.6 Å². The molecule has 3 aromatic rings. The smallest absolute Gasteiger partial charge is 0.244 e. The number of hydrogen-bond donors (Lipinski definition) is 1. The number of fused-ring (bicyclic) bond motifs is 1. The minimum absolute atomic E-state index is 0.118. The fraction of sp³-hybridized carbons (Fsp3) is 0.333. The summed E-state index contributed by atoms with van der Waals surface area (Å²) < 4.78 is 18.6. The Bertz CT molecular complexity index is 1170. The lowest BCUT2D eigenvalue weighted by atomic mass is 10.1. The van der Waals surface area contributed by atoms with Gasteiger partial charge in [-0.3, -0.25) is 9.69 Å². The van der Waals surface area contributed by atoms with Crippen LogP contribution in [0.4, 0.5) is 0 Å². The van der Waals surface area contributed by atoms with E-state index >= 15 is 0 Å². The molecule has 0 spiro atoms. The lowest BCUT2D eigenvalue weighted by molar-refractivity contribution is -0.116. The third-order valence-electron chi connectivity index (χ3n) is 6.05. The van der Waals surface area contributed by atoms with Gasteiger partial charge in [-0.1, -0.05) is 18.2 Å². The molecule has 0 radical (unpaired) electrons. The summed E-state index contributed by atoms with van der Waals surface area (Å²) in [6, 6.07) is 15.7. The third kappa shape index (κ3) is 5.90. The third-order valence-corrected chi connectivity index (χ3v) is 6.05. The maximum absolute atomic E-state index is 12.5. The zero-order valence-corrected chi connectivity index (χ0v) is 19.7. The summed E-state index contributed by atoms with van der Waals surface area (Å²) in [5.41, 5.74) is 3.45. The molecular formula is C27H30N4O4. The molecule has 5 rings (SSSR count). The first-order valence-electron chi connectivity index (χ1n) is 12.1. The molecule has 8 nitrogen and oxygen atoms in total. The van der Waals surface area contributed by atoms with E-state index in [2.05, 4.69) is 10.2 Å². The van der Waals surface area contributed by atoms with Crippen LogP contribution in [-0.4, -0.2) is 73.2 Å². The van der Waals surface area contributed by atoms with Crippen LogP contribution in [0.5, 0.6) is 11.5 Å². The van der Waals surface area contributed by atoms with Crippen LogP contribution in [0, 0.1) is 0 Å². The van der Waals surface area contributed by atoms with E-state index in [1.54, 1.807) is 6.08 Å². The highest BCUT2D eigenvalue weighted by Gasteiger charge is 2.16. The van der Waals surface area contributed by atoms with Crippen molar-refractivity contribution in [3.63, 3.8) is 0 Å². The minimum Gasteiger partial charge on any atom is -0.486 e. The van der Waals surface area contributed by atoms with Crippen LogP contribution >= 0.6 is 0 Å². The Labute approximate surface area is 205 Å². The molecular weight excluding hydrogens is 444 g/mol. The van der Waals surface area contributed by atoms with Crippen LogP contribution in [0.2, 0.25) is 0 Å². The zero-order valence-electron chi connectivity index (χ0n) is 19.7. The monoisotopic (exact) mass is 474 g/mol. The van der Waals surface area contributed by atoms with Crippen molar-refractivity contribution in [3.05, 3.63) is 66.4 Å². The van der Waals surface area contributed by atoms with E-state index < -0.39 is 0 Å². The van der Waals surface area contributed by atoms with E-state index in [-0.39, 0.29) is 5.91 Å². The number of nitrogens with zero attached hydrogens (tertiary/aromatic N) is 3. The van der Waals surface area contributed by atoms with Gasteiger partial charge in [0.1, 0.15) is 18.9 Å². The van der Waals surface area contributed by atoms with Gasteiger partial charge in [0, 0.05) is 43.0 Å². The first-order valence-corrected chi connectivity index (χ1v) is 12.1. The van der Waals surface area contributed by atoms with Gasteiger partial charge < -0.3 is 19.5 Å². The molecule has 0 aliphatic carbocycles. The molecule has 182 valence electrons. The second-order valence-electron chi connectivity index (χ2n) is 8.50. The summed E-state index contributed by atoms with van der Waals surface area (Å²) in [5, 5.41) is 7.81. The minimum atomic E-state index is -0.118. The summed E-state index contributed by atoms with van der Waals surface area (Å²) in [6.45, 7) is 6.17. The van der Waals surface area contributed by atoms with Crippen LogP contribution in [-0.2, 0) is 9.53 Å². The van der Waals surface area contributed by atoms with E-state index in [1.807, 2.05) is 65.5 Å². The van der Waals surface area contributed by atoms with Crippen molar-refractivity contribution < 1.29 is 19.0 Å². The Hall–Kier alpha value is -3.62. The normalized spacial score (nSPS) is 15.9. The summed E-state index contributed by atoms with van der Waals surface area (Å²) >= 11 is 0. The number of carbonyl (C=O) groups is 1. The molecule has 1 saturated heterocycles. The van der Waals surface area contributed by atoms with Gasteiger partial charge in [0.25, 0.3) is 0 Å². The molecule has 8 heteroatoms. The van der Waals surface area contributed by atoms with Crippen molar-refractivity contribution in [1.82, 2.24) is 20.0 Å². The highest BCUT2D eigenvalue weighted by atomic mass is 16.6. The molecule has 1 fully saturated rings. The maximum Gasteiger partial charge on any atom is 0.244 e. The average Bonchev–Trinajstić information content (AvgIpc) is 3.35.